The lowest BCUT2D eigenvalue weighted by molar-refractivity contribution is -0.140. The Kier molecular flexibility index (Phi) is 4.19. The summed E-state index contributed by atoms with van der Waals surface area (Å²) in [7, 11) is 0. The van der Waals surface area contributed by atoms with E-state index in [1.807, 2.05) is 0 Å². The summed E-state index contributed by atoms with van der Waals surface area (Å²) in [5, 5.41) is 12.7. The second-order valence-corrected chi connectivity index (χ2v) is 5.15. The van der Waals surface area contributed by atoms with Crippen LogP contribution < -0.4 is 11.1 Å². The van der Waals surface area contributed by atoms with Crippen LogP contribution in [0.2, 0.25) is 0 Å². The molecule has 0 spiro atoms. The van der Waals surface area contributed by atoms with Gasteiger partial charge in [0, 0.05) is 31.6 Å². The molecule has 2 fully saturated rings. The molecule has 0 aromatic carbocycles. The average Bonchev–Trinajstić information content (AvgIpc) is 3.00. The molecule has 0 aromatic heterocycles. The molecule has 2 aliphatic rings. The Morgan fingerprint density at radius 2 is 2.17 bits per heavy atom. The second-order valence-electron chi connectivity index (χ2n) is 5.15. The van der Waals surface area contributed by atoms with Crippen LogP contribution in [0.5, 0.6) is 0 Å². The summed E-state index contributed by atoms with van der Waals surface area (Å²) in [6.07, 6.45) is 1.89. The summed E-state index contributed by atoms with van der Waals surface area (Å²) in [6.45, 7) is 2.06. The SMILES string of the molecule is NC(CC1CCNC1=O)C(O)C(=O)N1CCCC1. The highest BCUT2D eigenvalue weighted by atomic mass is 16.3. The number of hydrogen-bond donors (Lipinski definition) is 3. The van der Waals surface area contributed by atoms with Crippen molar-refractivity contribution in [3.63, 3.8) is 0 Å². The molecule has 18 heavy (non-hydrogen) atoms. The molecule has 2 saturated heterocycles. The van der Waals surface area contributed by atoms with Gasteiger partial charge >= 0.3 is 0 Å². The molecule has 2 amide bonds. The molecule has 2 heterocycles. The first kappa shape index (κ1) is 13.3. The number of nitrogens with one attached hydrogen (secondary N) is 1. The zero-order valence-electron chi connectivity index (χ0n) is 10.5. The highest BCUT2D eigenvalue weighted by molar-refractivity contribution is 5.83. The molecule has 3 atom stereocenters. The first-order chi connectivity index (χ1) is 8.59. The van der Waals surface area contributed by atoms with Crippen molar-refractivity contribution in [2.45, 2.75) is 37.8 Å². The molecular formula is C12H21N3O3. The summed E-state index contributed by atoms with van der Waals surface area (Å²) < 4.78 is 0. The number of nitrogens with zero attached hydrogens (tertiary/aromatic N) is 1. The second kappa shape index (κ2) is 5.67. The fourth-order valence-electron chi connectivity index (χ4n) is 2.64. The van der Waals surface area contributed by atoms with Gasteiger partial charge in [0.25, 0.3) is 5.91 Å². The Balaban J connectivity index is 1.85. The number of amides is 2. The van der Waals surface area contributed by atoms with Crippen LogP contribution in [-0.2, 0) is 9.59 Å². The smallest absolute Gasteiger partial charge is 0.253 e. The lowest BCUT2D eigenvalue weighted by atomic mass is 9.95. The third kappa shape index (κ3) is 2.81. The van der Waals surface area contributed by atoms with Gasteiger partial charge in [-0.1, -0.05) is 0 Å². The summed E-state index contributed by atoms with van der Waals surface area (Å²) >= 11 is 0. The van der Waals surface area contributed by atoms with Gasteiger partial charge < -0.3 is 21.1 Å². The van der Waals surface area contributed by atoms with E-state index >= 15 is 0 Å². The van der Waals surface area contributed by atoms with Crippen molar-refractivity contribution in [1.82, 2.24) is 10.2 Å². The monoisotopic (exact) mass is 255 g/mol. The molecule has 102 valence electrons. The van der Waals surface area contributed by atoms with Crippen molar-refractivity contribution in [1.29, 1.82) is 0 Å². The maximum atomic E-state index is 11.9. The molecule has 0 radical (unpaired) electrons. The van der Waals surface area contributed by atoms with Gasteiger partial charge in [-0.05, 0) is 25.7 Å². The van der Waals surface area contributed by atoms with Crippen LogP contribution >= 0.6 is 0 Å². The molecule has 6 heteroatoms. The van der Waals surface area contributed by atoms with E-state index < -0.39 is 12.1 Å². The predicted octanol–water partition coefficient (Wildman–Crippen LogP) is -1.18. The number of carbonyl (C=O) groups is 2. The molecule has 2 rings (SSSR count). The fourth-order valence-corrected chi connectivity index (χ4v) is 2.64. The van der Waals surface area contributed by atoms with E-state index in [0.717, 1.165) is 19.3 Å². The van der Waals surface area contributed by atoms with E-state index in [9.17, 15) is 14.7 Å². The Hall–Kier alpha value is -1.14. The summed E-state index contributed by atoms with van der Waals surface area (Å²) in [5.41, 5.74) is 5.85. The minimum atomic E-state index is -1.18. The zero-order chi connectivity index (χ0) is 13.1. The Morgan fingerprint density at radius 3 is 2.72 bits per heavy atom. The minimum absolute atomic E-state index is 0.0220. The van der Waals surface area contributed by atoms with Gasteiger partial charge in [0.15, 0.2) is 0 Å². The number of carbonyl (C=O) groups excluding carboxylic acids is 2. The van der Waals surface area contributed by atoms with E-state index in [0.29, 0.717) is 26.1 Å². The number of rotatable bonds is 4. The first-order valence-corrected chi connectivity index (χ1v) is 6.59. The number of aliphatic hydroxyl groups is 1. The van der Waals surface area contributed by atoms with E-state index in [-0.39, 0.29) is 17.7 Å². The van der Waals surface area contributed by atoms with Gasteiger partial charge in [0.1, 0.15) is 6.10 Å². The van der Waals surface area contributed by atoms with E-state index in [1.54, 1.807) is 4.90 Å². The van der Waals surface area contributed by atoms with E-state index in [4.69, 9.17) is 5.73 Å². The average molecular weight is 255 g/mol. The molecule has 3 unspecified atom stereocenters. The van der Waals surface area contributed by atoms with Crippen molar-refractivity contribution in [3.05, 3.63) is 0 Å². The quantitative estimate of drug-likeness (QED) is 0.589. The van der Waals surface area contributed by atoms with Crippen LogP contribution in [0.4, 0.5) is 0 Å². The van der Waals surface area contributed by atoms with Crippen molar-refractivity contribution < 1.29 is 14.7 Å². The number of nitrogens with two attached hydrogens (primary N) is 1. The summed E-state index contributed by atoms with van der Waals surface area (Å²) in [6, 6.07) is -0.660. The van der Waals surface area contributed by atoms with Crippen LogP contribution in [-0.4, -0.2) is 53.6 Å². The van der Waals surface area contributed by atoms with Crippen molar-refractivity contribution >= 4 is 11.8 Å². The largest absolute Gasteiger partial charge is 0.382 e. The molecular weight excluding hydrogens is 234 g/mol. The maximum absolute atomic E-state index is 11.9. The van der Waals surface area contributed by atoms with Gasteiger partial charge in [-0.3, -0.25) is 9.59 Å². The Labute approximate surface area is 107 Å². The zero-order valence-corrected chi connectivity index (χ0v) is 10.5. The van der Waals surface area contributed by atoms with Crippen molar-refractivity contribution in [2.24, 2.45) is 11.7 Å². The van der Waals surface area contributed by atoms with Gasteiger partial charge in [-0.2, -0.15) is 0 Å². The van der Waals surface area contributed by atoms with Crippen LogP contribution in [0.3, 0.4) is 0 Å². The molecule has 6 nitrogen and oxygen atoms in total. The normalized spacial score (nSPS) is 27.1. The van der Waals surface area contributed by atoms with E-state index in [1.165, 1.54) is 0 Å². The number of aliphatic hydroxyl groups excluding tert-OH is 1. The van der Waals surface area contributed by atoms with Gasteiger partial charge in [-0.25, -0.2) is 0 Å². The molecule has 4 N–H and O–H groups in total. The highest BCUT2D eigenvalue weighted by Gasteiger charge is 2.33. The Morgan fingerprint density at radius 1 is 1.50 bits per heavy atom. The number of likely N-dealkylation sites (tertiary alicyclic amines) is 1. The molecule has 0 aromatic rings. The van der Waals surface area contributed by atoms with E-state index in [2.05, 4.69) is 5.32 Å². The molecule has 2 aliphatic heterocycles. The molecule has 0 saturated carbocycles. The molecule has 0 aliphatic carbocycles. The topological polar surface area (TPSA) is 95.7 Å². The third-order valence-electron chi connectivity index (χ3n) is 3.80. The lowest BCUT2D eigenvalue weighted by Gasteiger charge is -2.24. The minimum Gasteiger partial charge on any atom is -0.382 e. The highest BCUT2D eigenvalue weighted by Crippen LogP contribution is 2.18. The lowest BCUT2D eigenvalue weighted by Crippen LogP contribution is -2.48. The van der Waals surface area contributed by atoms with Crippen LogP contribution in [0.15, 0.2) is 0 Å². The van der Waals surface area contributed by atoms with Crippen molar-refractivity contribution in [3.8, 4) is 0 Å². The fraction of sp³-hybridized carbons (Fsp3) is 0.833. The Bertz CT molecular complexity index is 329. The predicted molar refractivity (Wildman–Crippen MR) is 65.5 cm³/mol. The maximum Gasteiger partial charge on any atom is 0.253 e. The standard InChI is InChI=1S/C12H21N3O3/c13-9(7-8-3-4-14-11(8)17)10(16)12(18)15-5-1-2-6-15/h8-10,16H,1-7,13H2,(H,14,17). The van der Waals surface area contributed by atoms with Crippen LogP contribution in [0.1, 0.15) is 25.7 Å². The first-order valence-electron chi connectivity index (χ1n) is 6.59. The van der Waals surface area contributed by atoms with Crippen LogP contribution in [0.25, 0.3) is 0 Å². The summed E-state index contributed by atoms with van der Waals surface area (Å²) in [4.78, 5) is 25.0. The van der Waals surface area contributed by atoms with Crippen LogP contribution in [0, 0.1) is 5.92 Å². The van der Waals surface area contributed by atoms with Gasteiger partial charge in [0.2, 0.25) is 5.91 Å². The molecule has 0 bridgehead atoms. The van der Waals surface area contributed by atoms with Gasteiger partial charge in [-0.15, -0.1) is 0 Å². The number of hydrogen-bond acceptors (Lipinski definition) is 4. The van der Waals surface area contributed by atoms with Crippen molar-refractivity contribution in [2.75, 3.05) is 19.6 Å². The third-order valence-corrected chi connectivity index (χ3v) is 3.80. The van der Waals surface area contributed by atoms with Gasteiger partial charge in [0.05, 0.1) is 0 Å². The summed E-state index contributed by atoms with van der Waals surface area (Å²) in [5.74, 6) is -0.481.